The quantitative estimate of drug-likeness (QED) is 0.621. The fraction of sp³-hybridized carbons (Fsp3) is 0.190. The number of carboxylic acids is 1. The van der Waals surface area contributed by atoms with Crippen molar-refractivity contribution in [1.82, 2.24) is 9.88 Å². The van der Waals surface area contributed by atoms with Crippen molar-refractivity contribution in [2.45, 2.75) is 19.1 Å². The largest absolute Gasteiger partial charge is 0.505 e. The number of carbonyl (C=O) groups is 2. The zero-order valence-electron chi connectivity index (χ0n) is 16.3. The Kier molecular flexibility index (Phi) is 5.74. The number of carbonyl (C=O) groups excluding carboxylic acids is 1. The number of pyridine rings is 1. The summed E-state index contributed by atoms with van der Waals surface area (Å²) in [5.41, 5.74) is -1.11. The maximum atomic E-state index is 12.7. The molecule has 1 unspecified atom stereocenters. The number of alkyl halides is 3. The average Bonchev–Trinajstić information content (AvgIpc) is 2.72. The van der Waals surface area contributed by atoms with Crippen LogP contribution in [0.3, 0.4) is 0 Å². The van der Waals surface area contributed by atoms with Crippen LogP contribution in [0.5, 0.6) is 17.2 Å². The molecule has 0 saturated carbocycles. The lowest BCUT2D eigenvalue weighted by molar-refractivity contribution is -0.141. The number of hydrogen-bond donors (Lipinski definition) is 2. The zero-order valence-corrected chi connectivity index (χ0v) is 16.3. The second-order valence-corrected chi connectivity index (χ2v) is 6.76. The van der Waals surface area contributed by atoms with E-state index in [9.17, 15) is 27.9 Å². The molecule has 1 atom stereocenters. The fourth-order valence-electron chi connectivity index (χ4n) is 2.76. The Morgan fingerprint density at radius 3 is 2.29 bits per heavy atom. The van der Waals surface area contributed by atoms with Crippen molar-refractivity contribution < 1.29 is 37.7 Å². The van der Waals surface area contributed by atoms with Gasteiger partial charge in [0.2, 0.25) is 0 Å². The van der Waals surface area contributed by atoms with Gasteiger partial charge in [0, 0.05) is 24.0 Å². The monoisotopic (exact) mass is 434 g/mol. The van der Waals surface area contributed by atoms with E-state index in [4.69, 9.17) is 9.84 Å². The number of halogens is 3. The van der Waals surface area contributed by atoms with E-state index in [1.165, 1.54) is 50.5 Å². The standard InChI is InChI=1S/C21H17F3N2O5/c1-11(20(29)30)26(2)19(28)17-18(27)16-8-7-15(9-12(16)10-25-17)31-14-5-3-13(4-6-14)21(22,23)24/h3-11,27H,1-2H3,(H,29,30). The van der Waals surface area contributed by atoms with Crippen LogP contribution >= 0.6 is 0 Å². The van der Waals surface area contributed by atoms with E-state index in [-0.39, 0.29) is 22.6 Å². The summed E-state index contributed by atoms with van der Waals surface area (Å²) in [5.74, 6) is -1.93. The SMILES string of the molecule is CC(C(=O)O)N(C)C(=O)c1ncc2cc(Oc3ccc(C(F)(F)F)cc3)ccc2c1O. The number of benzene rings is 2. The van der Waals surface area contributed by atoms with Gasteiger partial charge in [-0.15, -0.1) is 0 Å². The van der Waals surface area contributed by atoms with Crippen molar-refractivity contribution >= 4 is 22.6 Å². The summed E-state index contributed by atoms with van der Waals surface area (Å²) in [7, 11) is 1.29. The molecule has 162 valence electrons. The molecule has 1 heterocycles. The number of likely N-dealkylation sites (N-methyl/N-ethyl adjacent to an activating group) is 1. The Balaban J connectivity index is 1.86. The summed E-state index contributed by atoms with van der Waals surface area (Å²) >= 11 is 0. The van der Waals surface area contributed by atoms with Gasteiger partial charge in [-0.3, -0.25) is 4.79 Å². The van der Waals surface area contributed by atoms with Crippen LogP contribution in [0.15, 0.2) is 48.7 Å². The van der Waals surface area contributed by atoms with Gasteiger partial charge in [-0.05, 0) is 49.4 Å². The van der Waals surface area contributed by atoms with Crippen molar-refractivity contribution in [1.29, 1.82) is 0 Å². The summed E-state index contributed by atoms with van der Waals surface area (Å²) in [6.45, 7) is 1.32. The van der Waals surface area contributed by atoms with Crippen LogP contribution in [-0.2, 0) is 11.0 Å². The van der Waals surface area contributed by atoms with Crippen LogP contribution in [-0.4, -0.2) is 45.1 Å². The third-order valence-corrected chi connectivity index (χ3v) is 4.71. The number of ether oxygens (including phenoxy) is 1. The normalized spacial score (nSPS) is 12.4. The molecule has 0 fully saturated rings. The minimum Gasteiger partial charge on any atom is -0.505 e. The molecule has 0 aliphatic rings. The minimum absolute atomic E-state index is 0.181. The van der Waals surface area contributed by atoms with E-state index in [0.29, 0.717) is 5.39 Å². The van der Waals surface area contributed by atoms with E-state index in [1.54, 1.807) is 0 Å². The van der Waals surface area contributed by atoms with E-state index in [0.717, 1.165) is 17.0 Å². The van der Waals surface area contributed by atoms with Crippen LogP contribution in [0.2, 0.25) is 0 Å². The summed E-state index contributed by atoms with van der Waals surface area (Å²) in [5, 5.41) is 20.2. The molecule has 0 aliphatic carbocycles. The molecule has 0 radical (unpaired) electrons. The number of carboxylic acid groups (broad SMARTS) is 1. The van der Waals surface area contributed by atoms with Crippen molar-refractivity contribution in [2.24, 2.45) is 0 Å². The van der Waals surface area contributed by atoms with Crippen molar-refractivity contribution in [3.63, 3.8) is 0 Å². The van der Waals surface area contributed by atoms with E-state index < -0.39 is 35.4 Å². The van der Waals surface area contributed by atoms with Crippen LogP contribution in [0.1, 0.15) is 23.0 Å². The molecule has 0 spiro atoms. The van der Waals surface area contributed by atoms with E-state index >= 15 is 0 Å². The fourth-order valence-corrected chi connectivity index (χ4v) is 2.76. The number of amides is 1. The highest BCUT2D eigenvalue weighted by atomic mass is 19.4. The Hall–Kier alpha value is -3.82. The highest BCUT2D eigenvalue weighted by Gasteiger charge is 2.30. The summed E-state index contributed by atoms with van der Waals surface area (Å²) in [6.07, 6.45) is -3.14. The number of aromatic nitrogens is 1. The predicted molar refractivity (Wildman–Crippen MR) is 104 cm³/mol. The summed E-state index contributed by atoms with van der Waals surface area (Å²) < 4.78 is 43.5. The number of rotatable bonds is 5. The van der Waals surface area contributed by atoms with E-state index in [1.807, 2.05) is 0 Å². The van der Waals surface area contributed by atoms with Gasteiger partial charge in [-0.1, -0.05) is 0 Å². The first-order valence-electron chi connectivity index (χ1n) is 8.96. The Morgan fingerprint density at radius 2 is 1.71 bits per heavy atom. The molecule has 0 aliphatic heterocycles. The predicted octanol–water partition coefficient (Wildman–Crippen LogP) is 4.30. The van der Waals surface area contributed by atoms with Gasteiger partial charge < -0.3 is 19.8 Å². The molecule has 1 amide bonds. The van der Waals surface area contributed by atoms with Crippen LogP contribution in [0, 0.1) is 0 Å². The topological polar surface area (TPSA) is 100.0 Å². The number of aliphatic carboxylic acids is 1. The smallest absolute Gasteiger partial charge is 0.416 e. The molecule has 31 heavy (non-hydrogen) atoms. The van der Waals surface area contributed by atoms with Gasteiger partial charge >= 0.3 is 12.1 Å². The molecule has 7 nitrogen and oxygen atoms in total. The number of fused-ring (bicyclic) bond motifs is 1. The Bertz CT molecular complexity index is 1150. The van der Waals surface area contributed by atoms with Gasteiger partial charge in [0.05, 0.1) is 5.56 Å². The van der Waals surface area contributed by atoms with Crippen molar-refractivity contribution in [3.05, 3.63) is 59.9 Å². The second-order valence-electron chi connectivity index (χ2n) is 6.76. The number of aromatic hydroxyl groups is 1. The molecular weight excluding hydrogens is 417 g/mol. The molecular formula is C21H17F3N2O5. The highest BCUT2D eigenvalue weighted by Crippen LogP contribution is 2.34. The van der Waals surface area contributed by atoms with Gasteiger partial charge in [0.25, 0.3) is 5.91 Å². The van der Waals surface area contributed by atoms with Gasteiger partial charge in [0.15, 0.2) is 11.4 Å². The molecule has 3 aromatic rings. The van der Waals surface area contributed by atoms with Crippen LogP contribution < -0.4 is 4.74 Å². The lowest BCUT2D eigenvalue weighted by Crippen LogP contribution is -2.40. The molecule has 2 N–H and O–H groups in total. The lowest BCUT2D eigenvalue weighted by atomic mass is 10.1. The van der Waals surface area contributed by atoms with Crippen molar-refractivity contribution in [3.8, 4) is 17.2 Å². The molecule has 10 heteroatoms. The van der Waals surface area contributed by atoms with Crippen LogP contribution in [0.4, 0.5) is 13.2 Å². The van der Waals surface area contributed by atoms with Crippen LogP contribution in [0.25, 0.3) is 10.8 Å². The van der Waals surface area contributed by atoms with Gasteiger partial charge in [-0.25, -0.2) is 9.78 Å². The molecule has 1 aromatic heterocycles. The van der Waals surface area contributed by atoms with E-state index in [2.05, 4.69) is 4.98 Å². The third kappa shape index (κ3) is 4.52. The Morgan fingerprint density at radius 1 is 1.10 bits per heavy atom. The number of nitrogens with zero attached hydrogens (tertiary/aromatic N) is 2. The van der Waals surface area contributed by atoms with Gasteiger partial charge in [-0.2, -0.15) is 13.2 Å². The first-order chi connectivity index (χ1) is 14.5. The van der Waals surface area contributed by atoms with Gasteiger partial charge in [0.1, 0.15) is 17.5 Å². The Labute approximate surface area is 174 Å². The minimum atomic E-state index is -4.45. The second kappa shape index (κ2) is 8.13. The third-order valence-electron chi connectivity index (χ3n) is 4.71. The average molecular weight is 434 g/mol. The van der Waals surface area contributed by atoms with Crippen molar-refractivity contribution in [2.75, 3.05) is 7.05 Å². The summed E-state index contributed by atoms with van der Waals surface area (Å²) in [6, 6.07) is 7.47. The number of hydrogen-bond acceptors (Lipinski definition) is 5. The lowest BCUT2D eigenvalue weighted by Gasteiger charge is -2.21. The first kappa shape index (κ1) is 21.9. The summed E-state index contributed by atoms with van der Waals surface area (Å²) in [4.78, 5) is 28.5. The first-order valence-corrected chi connectivity index (χ1v) is 8.96. The maximum Gasteiger partial charge on any atom is 0.416 e. The molecule has 0 saturated heterocycles. The zero-order chi connectivity index (χ0) is 22.9. The highest BCUT2D eigenvalue weighted by molar-refractivity contribution is 6.02. The molecule has 0 bridgehead atoms. The maximum absolute atomic E-state index is 12.7. The molecule has 3 rings (SSSR count). The molecule has 2 aromatic carbocycles.